The molecule has 0 saturated heterocycles. The van der Waals surface area contributed by atoms with Crippen LogP contribution >= 0.6 is 11.3 Å². The molecule has 2 rings (SSSR count). The first-order valence-electron chi connectivity index (χ1n) is 5.72. The van der Waals surface area contributed by atoms with Crippen LogP contribution in [0.3, 0.4) is 0 Å². The van der Waals surface area contributed by atoms with Crippen LogP contribution in [0.2, 0.25) is 0 Å². The molecule has 1 N–H and O–H groups in total. The van der Waals surface area contributed by atoms with Crippen molar-refractivity contribution in [2.75, 3.05) is 13.7 Å². The van der Waals surface area contributed by atoms with E-state index in [0.29, 0.717) is 13.0 Å². The number of fused-ring (bicyclic) bond motifs is 1. The maximum atomic E-state index is 10.0. The van der Waals surface area contributed by atoms with Crippen LogP contribution in [0.15, 0.2) is 24.3 Å². The molecule has 0 aliphatic carbocycles. The highest BCUT2D eigenvalue weighted by Gasteiger charge is 2.16. The van der Waals surface area contributed by atoms with Gasteiger partial charge in [0.05, 0.1) is 27.9 Å². The zero-order valence-corrected chi connectivity index (χ0v) is 10.9. The van der Waals surface area contributed by atoms with Crippen molar-refractivity contribution in [3.05, 3.63) is 29.3 Å². The van der Waals surface area contributed by atoms with Crippen molar-refractivity contribution in [3.63, 3.8) is 0 Å². The van der Waals surface area contributed by atoms with Crippen LogP contribution in [-0.4, -0.2) is 29.9 Å². The van der Waals surface area contributed by atoms with E-state index in [1.165, 1.54) is 4.70 Å². The van der Waals surface area contributed by atoms with Crippen LogP contribution < -0.4 is 0 Å². The monoisotopic (exact) mass is 251 g/mol. The average Bonchev–Trinajstić information content (AvgIpc) is 2.71. The highest BCUT2D eigenvalue weighted by Crippen LogP contribution is 2.23. The number of methoxy groups -OCH3 is 1. The molecule has 3 nitrogen and oxygen atoms in total. The van der Waals surface area contributed by atoms with Gasteiger partial charge in [-0.15, -0.1) is 11.3 Å². The molecule has 2 unspecified atom stereocenters. The number of benzene rings is 1. The van der Waals surface area contributed by atoms with E-state index in [2.05, 4.69) is 11.1 Å². The largest absolute Gasteiger partial charge is 0.392 e. The fourth-order valence-corrected chi connectivity index (χ4v) is 2.78. The number of hydrogen-bond donors (Lipinski definition) is 1. The summed E-state index contributed by atoms with van der Waals surface area (Å²) in [4.78, 5) is 4.51. The van der Waals surface area contributed by atoms with Crippen LogP contribution in [0.1, 0.15) is 11.9 Å². The summed E-state index contributed by atoms with van der Waals surface area (Å²) in [7, 11) is 1.65. The standard InChI is InChI=1S/C13H17NO2S/c1-9(8-16-2)11(15)7-13-14-10-5-3-4-6-12(10)17-13/h3-6,9,11,15H,7-8H2,1-2H3. The predicted octanol–water partition coefficient (Wildman–Crippen LogP) is 2.48. The molecule has 0 bridgehead atoms. The molecule has 0 saturated carbocycles. The number of aromatic nitrogens is 1. The minimum atomic E-state index is -0.393. The molecule has 1 aromatic heterocycles. The van der Waals surface area contributed by atoms with Gasteiger partial charge in [-0.1, -0.05) is 19.1 Å². The van der Waals surface area contributed by atoms with Gasteiger partial charge in [0.2, 0.25) is 0 Å². The first kappa shape index (κ1) is 12.5. The fraction of sp³-hybridized carbons (Fsp3) is 0.462. The van der Waals surface area contributed by atoms with E-state index >= 15 is 0 Å². The Morgan fingerprint density at radius 3 is 2.88 bits per heavy atom. The van der Waals surface area contributed by atoms with E-state index in [-0.39, 0.29) is 5.92 Å². The lowest BCUT2D eigenvalue weighted by molar-refractivity contribution is 0.0575. The Kier molecular flexibility index (Phi) is 4.10. The molecule has 0 aliphatic rings. The van der Waals surface area contributed by atoms with E-state index in [9.17, 15) is 5.11 Å². The molecule has 92 valence electrons. The summed E-state index contributed by atoms with van der Waals surface area (Å²) in [5.74, 6) is 0.131. The first-order chi connectivity index (χ1) is 8.20. The third-order valence-electron chi connectivity index (χ3n) is 2.81. The maximum absolute atomic E-state index is 10.0. The average molecular weight is 251 g/mol. The molecular formula is C13H17NO2S. The molecule has 4 heteroatoms. The van der Waals surface area contributed by atoms with Crippen molar-refractivity contribution in [3.8, 4) is 0 Å². The molecule has 17 heavy (non-hydrogen) atoms. The van der Waals surface area contributed by atoms with Gasteiger partial charge in [-0.3, -0.25) is 0 Å². The predicted molar refractivity (Wildman–Crippen MR) is 70.4 cm³/mol. The minimum Gasteiger partial charge on any atom is -0.392 e. The van der Waals surface area contributed by atoms with Crippen LogP contribution in [0.5, 0.6) is 0 Å². The lowest BCUT2D eigenvalue weighted by atomic mass is 10.0. The van der Waals surface area contributed by atoms with E-state index < -0.39 is 6.10 Å². The van der Waals surface area contributed by atoms with Gasteiger partial charge >= 0.3 is 0 Å². The van der Waals surface area contributed by atoms with Gasteiger partial charge in [0.1, 0.15) is 0 Å². The van der Waals surface area contributed by atoms with Crippen molar-refractivity contribution in [2.45, 2.75) is 19.4 Å². The van der Waals surface area contributed by atoms with Gasteiger partial charge in [0.25, 0.3) is 0 Å². The molecule has 0 aliphatic heterocycles. The Morgan fingerprint density at radius 1 is 1.41 bits per heavy atom. The molecule has 0 radical (unpaired) electrons. The second-order valence-electron chi connectivity index (χ2n) is 4.28. The Labute approximate surface area is 105 Å². The number of hydrogen-bond acceptors (Lipinski definition) is 4. The highest BCUT2D eigenvalue weighted by molar-refractivity contribution is 7.18. The van der Waals surface area contributed by atoms with Crippen molar-refractivity contribution >= 4 is 21.6 Å². The number of ether oxygens (including phenoxy) is 1. The molecule has 2 aromatic rings. The summed E-state index contributed by atoms with van der Waals surface area (Å²) < 4.78 is 6.22. The highest BCUT2D eigenvalue weighted by atomic mass is 32.1. The summed E-state index contributed by atoms with van der Waals surface area (Å²) in [5, 5.41) is 11.0. The normalized spacial score (nSPS) is 15.0. The SMILES string of the molecule is COCC(C)C(O)Cc1nc2ccccc2s1. The second-order valence-corrected chi connectivity index (χ2v) is 5.39. The molecule has 2 atom stereocenters. The Bertz CT molecular complexity index is 450. The quantitative estimate of drug-likeness (QED) is 0.887. The van der Waals surface area contributed by atoms with Gasteiger partial charge in [-0.2, -0.15) is 0 Å². The van der Waals surface area contributed by atoms with E-state index in [4.69, 9.17) is 4.74 Å². The van der Waals surface area contributed by atoms with Gasteiger partial charge < -0.3 is 9.84 Å². The Morgan fingerprint density at radius 2 is 2.18 bits per heavy atom. The summed E-state index contributed by atoms with van der Waals surface area (Å²) in [6, 6.07) is 8.05. The Hall–Kier alpha value is -0.970. The van der Waals surface area contributed by atoms with Crippen molar-refractivity contribution in [1.82, 2.24) is 4.98 Å². The third-order valence-corrected chi connectivity index (χ3v) is 3.87. The van der Waals surface area contributed by atoms with Gasteiger partial charge in [-0.05, 0) is 12.1 Å². The van der Waals surface area contributed by atoms with Gasteiger partial charge in [-0.25, -0.2) is 4.98 Å². The molecule has 0 spiro atoms. The number of nitrogens with zero attached hydrogens (tertiary/aromatic N) is 1. The lowest BCUT2D eigenvalue weighted by Gasteiger charge is -2.16. The number of para-hydroxylation sites is 1. The zero-order valence-electron chi connectivity index (χ0n) is 10.1. The summed E-state index contributed by atoms with van der Waals surface area (Å²) >= 11 is 1.65. The number of aliphatic hydroxyl groups is 1. The van der Waals surface area contributed by atoms with E-state index in [0.717, 1.165) is 10.5 Å². The summed E-state index contributed by atoms with van der Waals surface area (Å²) in [6.45, 7) is 2.56. The Balaban J connectivity index is 2.07. The molecule has 1 heterocycles. The number of aliphatic hydroxyl groups excluding tert-OH is 1. The fourth-order valence-electron chi connectivity index (χ4n) is 1.76. The van der Waals surface area contributed by atoms with E-state index in [1.54, 1.807) is 18.4 Å². The van der Waals surface area contributed by atoms with Crippen molar-refractivity contribution in [1.29, 1.82) is 0 Å². The van der Waals surface area contributed by atoms with Crippen LogP contribution in [-0.2, 0) is 11.2 Å². The van der Waals surface area contributed by atoms with Crippen LogP contribution in [0.25, 0.3) is 10.2 Å². The molecular weight excluding hydrogens is 234 g/mol. The summed E-state index contributed by atoms with van der Waals surface area (Å²) in [6.07, 6.45) is 0.208. The van der Waals surface area contributed by atoms with Crippen molar-refractivity contribution in [2.24, 2.45) is 5.92 Å². The topological polar surface area (TPSA) is 42.4 Å². The van der Waals surface area contributed by atoms with Gasteiger partial charge in [0, 0.05) is 19.4 Å². The zero-order chi connectivity index (χ0) is 12.3. The van der Waals surface area contributed by atoms with Crippen molar-refractivity contribution < 1.29 is 9.84 Å². The number of rotatable bonds is 5. The van der Waals surface area contributed by atoms with E-state index in [1.807, 2.05) is 25.1 Å². The minimum absolute atomic E-state index is 0.131. The first-order valence-corrected chi connectivity index (χ1v) is 6.54. The number of thiazole rings is 1. The summed E-state index contributed by atoms with van der Waals surface area (Å²) in [5.41, 5.74) is 1.01. The van der Waals surface area contributed by atoms with Crippen LogP contribution in [0, 0.1) is 5.92 Å². The van der Waals surface area contributed by atoms with Gasteiger partial charge in [0.15, 0.2) is 0 Å². The second kappa shape index (κ2) is 5.58. The lowest BCUT2D eigenvalue weighted by Crippen LogP contribution is -2.23. The third kappa shape index (κ3) is 3.03. The maximum Gasteiger partial charge on any atom is 0.0964 e. The molecule has 1 aromatic carbocycles. The molecule has 0 amide bonds. The molecule has 0 fully saturated rings. The van der Waals surface area contributed by atoms with Crippen LogP contribution in [0.4, 0.5) is 0 Å². The smallest absolute Gasteiger partial charge is 0.0964 e.